The van der Waals surface area contributed by atoms with Gasteiger partial charge in [0.25, 0.3) is 11.8 Å². The first kappa shape index (κ1) is 17.1. The molecule has 0 N–H and O–H groups in total. The molecule has 1 aromatic carbocycles. The molecule has 0 radical (unpaired) electrons. The van der Waals surface area contributed by atoms with Crippen LogP contribution in [0.15, 0.2) is 23.3 Å². The van der Waals surface area contributed by atoms with Crippen molar-refractivity contribution in [1.82, 2.24) is 9.78 Å². The molecule has 0 bridgehead atoms. The lowest BCUT2D eigenvalue weighted by molar-refractivity contribution is -0.120. The van der Waals surface area contributed by atoms with Gasteiger partial charge in [-0.15, -0.1) is 0 Å². The number of benzene rings is 1. The molecule has 1 aromatic heterocycles. The van der Waals surface area contributed by atoms with E-state index in [0.717, 1.165) is 17.7 Å². The normalized spacial score (nSPS) is 18.5. The molecule has 8 heteroatoms. The second-order valence-corrected chi connectivity index (χ2v) is 7.24. The quantitative estimate of drug-likeness (QED) is 0.722. The summed E-state index contributed by atoms with van der Waals surface area (Å²) in [6.07, 6.45) is 3.04. The van der Waals surface area contributed by atoms with Crippen molar-refractivity contribution in [2.75, 3.05) is 4.90 Å². The topological polar surface area (TPSA) is 79.0 Å². The Kier molecular flexibility index (Phi) is 4.02. The molecule has 26 heavy (non-hydrogen) atoms. The average Bonchev–Trinajstić information content (AvgIpc) is 3.09. The van der Waals surface area contributed by atoms with Gasteiger partial charge in [-0.3, -0.25) is 9.59 Å². The Hall–Kier alpha value is -2.36. The highest BCUT2D eigenvalue weighted by atomic mass is 35.5. The lowest BCUT2D eigenvalue weighted by Crippen LogP contribution is -2.31. The SMILES string of the molecule is CC(C#N)n1nc(Cl)c2cc(Cl)c(N3C(=O)C4=C(CCCC4)C3=O)cc21. The van der Waals surface area contributed by atoms with Crippen molar-refractivity contribution < 1.29 is 9.59 Å². The van der Waals surface area contributed by atoms with Gasteiger partial charge in [0.2, 0.25) is 0 Å². The minimum absolute atomic E-state index is 0.215. The van der Waals surface area contributed by atoms with Crippen molar-refractivity contribution in [2.24, 2.45) is 0 Å². The summed E-state index contributed by atoms with van der Waals surface area (Å²) in [5, 5.41) is 14.4. The maximum atomic E-state index is 12.8. The summed E-state index contributed by atoms with van der Waals surface area (Å²) in [5.41, 5.74) is 2.03. The van der Waals surface area contributed by atoms with E-state index in [4.69, 9.17) is 23.2 Å². The fraction of sp³-hybridized carbons (Fsp3) is 0.333. The van der Waals surface area contributed by atoms with Crippen molar-refractivity contribution in [2.45, 2.75) is 38.6 Å². The number of hydrogen-bond acceptors (Lipinski definition) is 4. The first-order chi connectivity index (χ1) is 12.4. The molecule has 1 atom stereocenters. The number of fused-ring (bicyclic) bond motifs is 1. The summed E-state index contributed by atoms with van der Waals surface area (Å²) in [6.45, 7) is 1.68. The molecule has 4 rings (SSSR count). The van der Waals surface area contributed by atoms with Crippen LogP contribution in [0.25, 0.3) is 10.9 Å². The number of carbonyl (C=O) groups excluding carboxylic acids is 2. The van der Waals surface area contributed by atoms with E-state index in [-0.39, 0.29) is 22.0 Å². The molecule has 0 saturated heterocycles. The molecule has 2 amide bonds. The fourth-order valence-electron chi connectivity index (χ4n) is 3.59. The lowest BCUT2D eigenvalue weighted by Gasteiger charge is -2.17. The molecule has 2 heterocycles. The van der Waals surface area contributed by atoms with E-state index in [9.17, 15) is 14.9 Å². The standard InChI is InChI=1S/C18H14Cl2N4O2/c1-9(8-21)24-14-7-15(13(19)6-12(14)16(20)22-24)23-17(25)10-4-2-3-5-11(10)18(23)26/h6-7,9H,2-5H2,1H3. The summed E-state index contributed by atoms with van der Waals surface area (Å²) in [7, 11) is 0. The Morgan fingerprint density at radius 1 is 1.15 bits per heavy atom. The van der Waals surface area contributed by atoms with Gasteiger partial charge >= 0.3 is 0 Å². The Balaban J connectivity index is 1.88. The number of nitrogens with zero attached hydrogens (tertiary/aromatic N) is 4. The number of imide groups is 1. The van der Waals surface area contributed by atoms with Crippen LogP contribution in [0, 0.1) is 11.3 Å². The van der Waals surface area contributed by atoms with Crippen molar-refractivity contribution in [3.05, 3.63) is 33.5 Å². The third kappa shape index (κ3) is 2.35. The number of halogens is 2. The number of amides is 2. The maximum Gasteiger partial charge on any atom is 0.261 e. The molecule has 6 nitrogen and oxygen atoms in total. The molecular formula is C18H14Cl2N4O2. The highest BCUT2D eigenvalue weighted by Crippen LogP contribution is 2.40. The van der Waals surface area contributed by atoms with Crippen LogP contribution in [0.4, 0.5) is 5.69 Å². The van der Waals surface area contributed by atoms with Gasteiger partial charge in [0, 0.05) is 16.5 Å². The maximum absolute atomic E-state index is 12.8. The zero-order chi connectivity index (χ0) is 18.6. The van der Waals surface area contributed by atoms with Gasteiger partial charge in [0.05, 0.1) is 22.3 Å². The second kappa shape index (κ2) is 6.11. The highest BCUT2D eigenvalue weighted by Gasteiger charge is 2.40. The molecule has 2 aliphatic rings. The van der Waals surface area contributed by atoms with Crippen LogP contribution < -0.4 is 4.90 Å². The number of carbonyl (C=O) groups is 2. The lowest BCUT2D eigenvalue weighted by atomic mass is 9.93. The van der Waals surface area contributed by atoms with Gasteiger partial charge in [0.15, 0.2) is 5.15 Å². The van der Waals surface area contributed by atoms with E-state index in [1.807, 2.05) is 0 Å². The molecule has 0 saturated carbocycles. The third-order valence-electron chi connectivity index (χ3n) is 4.91. The van der Waals surface area contributed by atoms with E-state index < -0.39 is 6.04 Å². The minimum Gasteiger partial charge on any atom is -0.269 e. The van der Waals surface area contributed by atoms with Crippen molar-refractivity contribution in [3.8, 4) is 6.07 Å². The van der Waals surface area contributed by atoms with Crippen molar-refractivity contribution in [3.63, 3.8) is 0 Å². The molecule has 1 aliphatic carbocycles. The van der Waals surface area contributed by atoms with Crippen LogP contribution in [0.3, 0.4) is 0 Å². The third-order valence-corrected chi connectivity index (χ3v) is 5.50. The van der Waals surface area contributed by atoms with Crippen molar-refractivity contribution in [1.29, 1.82) is 5.26 Å². The molecule has 132 valence electrons. The second-order valence-electron chi connectivity index (χ2n) is 6.47. The Bertz CT molecular complexity index is 1020. The number of aromatic nitrogens is 2. The van der Waals surface area contributed by atoms with Crippen LogP contribution in [0.2, 0.25) is 10.2 Å². The number of nitriles is 1. The monoisotopic (exact) mass is 388 g/mol. The summed E-state index contributed by atoms with van der Waals surface area (Å²) >= 11 is 12.5. The van der Waals surface area contributed by atoms with Crippen LogP contribution in [-0.2, 0) is 9.59 Å². The fourth-order valence-corrected chi connectivity index (χ4v) is 4.07. The molecule has 2 aromatic rings. The molecule has 0 spiro atoms. The average molecular weight is 389 g/mol. The number of hydrogen-bond donors (Lipinski definition) is 0. The van der Waals surface area contributed by atoms with Crippen LogP contribution in [-0.4, -0.2) is 21.6 Å². The van der Waals surface area contributed by atoms with Crippen LogP contribution in [0.5, 0.6) is 0 Å². The van der Waals surface area contributed by atoms with Gasteiger partial charge in [-0.2, -0.15) is 10.4 Å². The molecule has 1 unspecified atom stereocenters. The van der Waals surface area contributed by atoms with Crippen molar-refractivity contribution >= 4 is 51.6 Å². The van der Waals surface area contributed by atoms with Gasteiger partial charge in [0.1, 0.15) is 6.04 Å². The van der Waals surface area contributed by atoms with E-state index in [0.29, 0.717) is 40.6 Å². The van der Waals surface area contributed by atoms with Gasteiger partial charge in [-0.1, -0.05) is 23.2 Å². The smallest absolute Gasteiger partial charge is 0.261 e. The Morgan fingerprint density at radius 2 is 1.77 bits per heavy atom. The summed E-state index contributed by atoms with van der Waals surface area (Å²) in [5.74, 6) is -0.618. The van der Waals surface area contributed by atoms with E-state index in [1.165, 1.54) is 4.68 Å². The van der Waals surface area contributed by atoms with Crippen LogP contribution >= 0.6 is 23.2 Å². The zero-order valence-electron chi connectivity index (χ0n) is 13.9. The van der Waals surface area contributed by atoms with Gasteiger partial charge < -0.3 is 0 Å². The van der Waals surface area contributed by atoms with Crippen LogP contribution in [0.1, 0.15) is 38.6 Å². The van der Waals surface area contributed by atoms with Gasteiger partial charge in [-0.05, 0) is 44.7 Å². The summed E-state index contributed by atoms with van der Waals surface area (Å²) in [6, 6.07) is 4.73. The summed E-state index contributed by atoms with van der Waals surface area (Å²) in [4.78, 5) is 26.8. The molecule has 0 fully saturated rings. The van der Waals surface area contributed by atoms with E-state index >= 15 is 0 Å². The number of anilines is 1. The van der Waals surface area contributed by atoms with E-state index in [2.05, 4.69) is 11.2 Å². The summed E-state index contributed by atoms with van der Waals surface area (Å²) < 4.78 is 1.47. The first-order valence-electron chi connectivity index (χ1n) is 8.31. The zero-order valence-corrected chi connectivity index (χ0v) is 15.4. The molecular weight excluding hydrogens is 375 g/mol. The predicted octanol–water partition coefficient (Wildman–Crippen LogP) is 4.17. The van der Waals surface area contributed by atoms with E-state index in [1.54, 1.807) is 19.1 Å². The molecule has 1 aliphatic heterocycles. The first-order valence-corrected chi connectivity index (χ1v) is 9.07. The minimum atomic E-state index is -0.560. The highest BCUT2D eigenvalue weighted by molar-refractivity contribution is 6.41. The largest absolute Gasteiger partial charge is 0.269 e. The predicted molar refractivity (Wildman–Crippen MR) is 98.1 cm³/mol. The Morgan fingerprint density at radius 3 is 2.35 bits per heavy atom. The number of rotatable bonds is 2. The van der Waals surface area contributed by atoms with Gasteiger partial charge in [-0.25, -0.2) is 9.58 Å². The Labute approximate surface area is 159 Å².